The fourth-order valence-corrected chi connectivity index (χ4v) is 3.87. The van der Waals surface area contributed by atoms with Crippen LogP contribution in [0.15, 0.2) is 72.8 Å². The maximum absolute atomic E-state index is 13.3. The van der Waals surface area contributed by atoms with Crippen molar-refractivity contribution in [2.45, 2.75) is 6.18 Å². The molecule has 0 spiro atoms. The van der Waals surface area contributed by atoms with Crippen LogP contribution >= 0.6 is 0 Å². The molecule has 0 unspecified atom stereocenters. The Morgan fingerprint density at radius 1 is 0.906 bits per heavy atom. The fourth-order valence-electron chi connectivity index (χ4n) is 3.87. The summed E-state index contributed by atoms with van der Waals surface area (Å²) in [7, 11) is 1.70. The SMILES string of the molecule is CN(C(=O)c1ccccc1-c1ccc(C(F)(F)F)cc1)c1ccc(N2CCNCC2)cc1. The molecular weight excluding hydrogens is 415 g/mol. The number of hydrogen-bond donors (Lipinski definition) is 1. The molecule has 1 saturated heterocycles. The Kier molecular flexibility index (Phi) is 6.19. The predicted octanol–water partition coefficient (Wildman–Crippen LogP) is 5.06. The van der Waals surface area contributed by atoms with E-state index in [9.17, 15) is 18.0 Å². The molecule has 7 heteroatoms. The van der Waals surface area contributed by atoms with Crippen LogP contribution in [0, 0.1) is 0 Å². The first-order valence-corrected chi connectivity index (χ1v) is 10.4. The van der Waals surface area contributed by atoms with Crippen molar-refractivity contribution in [2.24, 2.45) is 0 Å². The van der Waals surface area contributed by atoms with Crippen molar-refractivity contribution in [3.8, 4) is 11.1 Å². The lowest BCUT2D eigenvalue weighted by molar-refractivity contribution is -0.137. The lowest BCUT2D eigenvalue weighted by atomic mass is 9.97. The van der Waals surface area contributed by atoms with Gasteiger partial charge in [0.1, 0.15) is 0 Å². The van der Waals surface area contributed by atoms with Crippen molar-refractivity contribution in [2.75, 3.05) is 43.0 Å². The van der Waals surface area contributed by atoms with Gasteiger partial charge in [-0.25, -0.2) is 0 Å². The second-order valence-electron chi connectivity index (χ2n) is 7.74. The van der Waals surface area contributed by atoms with Crippen LogP contribution < -0.4 is 15.1 Å². The number of halogens is 3. The number of rotatable bonds is 4. The Labute approximate surface area is 185 Å². The van der Waals surface area contributed by atoms with Gasteiger partial charge in [0.25, 0.3) is 5.91 Å². The van der Waals surface area contributed by atoms with Crippen LogP contribution in [0.1, 0.15) is 15.9 Å². The minimum Gasteiger partial charge on any atom is -0.369 e. The van der Waals surface area contributed by atoms with Crippen molar-refractivity contribution >= 4 is 17.3 Å². The highest BCUT2D eigenvalue weighted by Gasteiger charge is 2.30. The van der Waals surface area contributed by atoms with Gasteiger partial charge in [-0.2, -0.15) is 13.2 Å². The number of nitrogens with one attached hydrogen (secondary N) is 1. The van der Waals surface area contributed by atoms with Gasteiger partial charge in [0.15, 0.2) is 0 Å². The van der Waals surface area contributed by atoms with Crippen LogP contribution in [-0.2, 0) is 6.18 Å². The molecule has 3 aromatic rings. The molecule has 0 saturated carbocycles. The zero-order chi connectivity index (χ0) is 22.7. The van der Waals surface area contributed by atoms with Gasteiger partial charge in [0.2, 0.25) is 0 Å². The van der Waals surface area contributed by atoms with Crippen LogP contribution in [0.4, 0.5) is 24.5 Å². The largest absolute Gasteiger partial charge is 0.416 e. The maximum Gasteiger partial charge on any atom is 0.416 e. The summed E-state index contributed by atoms with van der Waals surface area (Å²) in [4.78, 5) is 17.1. The van der Waals surface area contributed by atoms with Crippen molar-refractivity contribution in [1.82, 2.24) is 5.32 Å². The molecule has 0 aromatic heterocycles. The molecule has 0 aliphatic carbocycles. The van der Waals surface area contributed by atoms with Gasteiger partial charge in [-0.1, -0.05) is 30.3 Å². The molecule has 0 atom stereocenters. The van der Waals surface area contributed by atoms with E-state index in [2.05, 4.69) is 10.2 Å². The number of carbonyl (C=O) groups is 1. The fraction of sp³-hybridized carbons (Fsp3) is 0.240. The molecule has 1 amide bonds. The summed E-state index contributed by atoms with van der Waals surface area (Å²) in [5, 5.41) is 3.33. The molecule has 3 aromatic carbocycles. The average molecular weight is 439 g/mol. The third-order valence-electron chi connectivity index (χ3n) is 5.70. The molecule has 32 heavy (non-hydrogen) atoms. The van der Waals surface area contributed by atoms with E-state index in [4.69, 9.17) is 0 Å². The normalized spacial score (nSPS) is 14.3. The summed E-state index contributed by atoms with van der Waals surface area (Å²) in [5.41, 5.74) is 2.73. The van der Waals surface area contributed by atoms with Crippen LogP contribution in [0.25, 0.3) is 11.1 Å². The molecule has 1 aliphatic heterocycles. The number of hydrogen-bond acceptors (Lipinski definition) is 3. The van der Waals surface area contributed by atoms with Crippen molar-refractivity contribution < 1.29 is 18.0 Å². The van der Waals surface area contributed by atoms with E-state index in [1.54, 1.807) is 36.2 Å². The summed E-state index contributed by atoms with van der Waals surface area (Å²) in [6.07, 6.45) is -4.40. The minimum atomic E-state index is -4.40. The van der Waals surface area contributed by atoms with E-state index in [1.807, 2.05) is 24.3 Å². The van der Waals surface area contributed by atoms with E-state index in [0.717, 1.165) is 49.7 Å². The lowest BCUT2D eigenvalue weighted by Crippen LogP contribution is -2.43. The highest BCUT2D eigenvalue weighted by atomic mass is 19.4. The number of piperazine rings is 1. The first kappa shape index (κ1) is 21.9. The Bertz CT molecular complexity index is 1070. The Balaban J connectivity index is 1.57. The molecule has 1 N–H and O–H groups in total. The molecule has 0 radical (unpaired) electrons. The molecule has 4 rings (SSSR count). The van der Waals surface area contributed by atoms with Crippen LogP contribution in [0.2, 0.25) is 0 Å². The van der Waals surface area contributed by atoms with E-state index in [1.165, 1.54) is 12.1 Å². The van der Waals surface area contributed by atoms with Crippen molar-refractivity contribution in [1.29, 1.82) is 0 Å². The molecule has 1 fully saturated rings. The lowest BCUT2D eigenvalue weighted by Gasteiger charge is -2.30. The maximum atomic E-state index is 13.3. The van der Waals surface area contributed by atoms with Gasteiger partial charge in [0, 0.05) is 50.2 Å². The number of carbonyl (C=O) groups excluding carboxylic acids is 1. The quantitative estimate of drug-likeness (QED) is 0.617. The zero-order valence-corrected chi connectivity index (χ0v) is 17.7. The van der Waals surface area contributed by atoms with Gasteiger partial charge in [-0.15, -0.1) is 0 Å². The number of benzene rings is 3. The highest BCUT2D eigenvalue weighted by Crippen LogP contribution is 2.32. The first-order valence-electron chi connectivity index (χ1n) is 10.4. The molecular formula is C25H24F3N3O. The van der Waals surface area contributed by atoms with E-state index in [-0.39, 0.29) is 5.91 Å². The third kappa shape index (κ3) is 4.62. The van der Waals surface area contributed by atoms with Crippen LogP contribution in [0.3, 0.4) is 0 Å². The molecule has 1 heterocycles. The second kappa shape index (κ2) is 9.04. The Morgan fingerprint density at radius 3 is 2.16 bits per heavy atom. The van der Waals surface area contributed by atoms with E-state index >= 15 is 0 Å². The van der Waals surface area contributed by atoms with Gasteiger partial charge < -0.3 is 15.1 Å². The summed E-state index contributed by atoms with van der Waals surface area (Å²) in [6, 6.07) is 19.7. The number of anilines is 2. The van der Waals surface area contributed by atoms with E-state index < -0.39 is 11.7 Å². The minimum absolute atomic E-state index is 0.226. The molecule has 166 valence electrons. The van der Waals surface area contributed by atoms with Crippen molar-refractivity contribution in [3.05, 3.63) is 83.9 Å². The highest BCUT2D eigenvalue weighted by molar-refractivity contribution is 6.10. The molecule has 4 nitrogen and oxygen atoms in total. The number of nitrogens with zero attached hydrogens (tertiary/aromatic N) is 2. The van der Waals surface area contributed by atoms with Gasteiger partial charge in [-0.3, -0.25) is 4.79 Å². The molecule has 1 aliphatic rings. The molecule has 0 bridgehead atoms. The first-order chi connectivity index (χ1) is 15.3. The van der Waals surface area contributed by atoms with E-state index in [0.29, 0.717) is 16.7 Å². The number of amides is 1. The zero-order valence-electron chi connectivity index (χ0n) is 17.7. The van der Waals surface area contributed by atoms with Gasteiger partial charge in [0.05, 0.1) is 5.56 Å². The van der Waals surface area contributed by atoms with Gasteiger partial charge >= 0.3 is 6.18 Å². The summed E-state index contributed by atoms with van der Waals surface area (Å²) < 4.78 is 38.7. The standard InChI is InChI=1S/C25H24F3N3O/c1-30(20-10-12-21(13-11-20)31-16-14-29-15-17-31)24(32)23-5-3-2-4-22(23)18-6-8-19(9-7-18)25(26,27)28/h2-13,29H,14-17H2,1H3. The van der Waals surface area contributed by atoms with Crippen molar-refractivity contribution in [3.63, 3.8) is 0 Å². The number of alkyl halides is 3. The Hall–Kier alpha value is -3.32. The summed E-state index contributed by atoms with van der Waals surface area (Å²) in [5.74, 6) is -0.226. The predicted molar refractivity (Wildman–Crippen MR) is 121 cm³/mol. The summed E-state index contributed by atoms with van der Waals surface area (Å²) in [6.45, 7) is 3.77. The summed E-state index contributed by atoms with van der Waals surface area (Å²) >= 11 is 0. The Morgan fingerprint density at radius 2 is 1.53 bits per heavy atom. The topological polar surface area (TPSA) is 35.6 Å². The van der Waals surface area contributed by atoms with Crippen LogP contribution in [0.5, 0.6) is 0 Å². The smallest absolute Gasteiger partial charge is 0.369 e. The average Bonchev–Trinajstić information content (AvgIpc) is 2.83. The van der Waals surface area contributed by atoms with Gasteiger partial charge in [-0.05, 0) is 53.6 Å². The van der Waals surface area contributed by atoms with Crippen LogP contribution in [-0.4, -0.2) is 39.1 Å². The third-order valence-corrected chi connectivity index (χ3v) is 5.70. The second-order valence-corrected chi connectivity index (χ2v) is 7.74. The monoisotopic (exact) mass is 439 g/mol.